The average molecular weight is 868 g/mol. The molecule has 0 saturated carbocycles. The third-order valence-corrected chi connectivity index (χ3v) is 11.9. The van der Waals surface area contributed by atoms with E-state index in [1.807, 2.05) is 21.1 Å². The molecule has 0 spiro atoms. The molecule has 9 nitrogen and oxygen atoms in total. The van der Waals surface area contributed by atoms with Crippen LogP contribution in [0.1, 0.15) is 258 Å². The molecule has 0 radical (unpaired) electrons. The summed E-state index contributed by atoms with van der Waals surface area (Å²) in [5.41, 5.74) is 0. The summed E-state index contributed by atoms with van der Waals surface area (Å²) in [6.07, 6.45) is 44.4. The van der Waals surface area contributed by atoms with Gasteiger partial charge in [-0.15, -0.1) is 0 Å². The summed E-state index contributed by atoms with van der Waals surface area (Å²) in [5, 5.41) is 11.7. The van der Waals surface area contributed by atoms with Crippen molar-refractivity contribution >= 4 is 17.9 Å². The Morgan fingerprint density at radius 2 is 0.738 bits per heavy atom. The molecule has 0 amide bonds. The van der Waals surface area contributed by atoms with Crippen LogP contribution in [-0.4, -0.2) is 82.3 Å². The van der Waals surface area contributed by atoms with Gasteiger partial charge in [-0.3, -0.25) is 9.59 Å². The van der Waals surface area contributed by atoms with E-state index in [4.69, 9.17) is 18.9 Å². The smallest absolute Gasteiger partial charge is 0.306 e. The molecule has 0 aromatic heterocycles. The molecular weight excluding hydrogens is 767 g/mol. The molecule has 2 unspecified atom stereocenters. The number of ether oxygens (including phenoxy) is 4. The van der Waals surface area contributed by atoms with Crippen LogP contribution >= 0.6 is 0 Å². The predicted octanol–water partition coefficient (Wildman–Crippen LogP) is 13.1. The number of unbranched alkanes of at least 4 members (excludes halogenated alkanes) is 34. The van der Waals surface area contributed by atoms with Crippen molar-refractivity contribution in [2.45, 2.75) is 270 Å². The number of hydrogen-bond donors (Lipinski definition) is 0. The Hall–Kier alpha value is -1.71. The van der Waals surface area contributed by atoms with Gasteiger partial charge in [0.05, 0.1) is 40.3 Å². The highest BCUT2D eigenvalue weighted by Gasteiger charge is 2.22. The summed E-state index contributed by atoms with van der Waals surface area (Å²) in [4.78, 5) is 37.0. The van der Waals surface area contributed by atoms with Gasteiger partial charge in [0.1, 0.15) is 13.2 Å². The van der Waals surface area contributed by atoms with Crippen LogP contribution in [0.5, 0.6) is 0 Å². The van der Waals surface area contributed by atoms with E-state index in [0.29, 0.717) is 17.4 Å². The first-order valence-electron chi connectivity index (χ1n) is 26.2. The highest BCUT2D eigenvalue weighted by molar-refractivity contribution is 5.70. The molecule has 0 aromatic carbocycles. The third kappa shape index (κ3) is 46.1. The first kappa shape index (κ1) is 59.3. The number of aliphatic carboxylic acids is 1. The number of quaternary nitrogens is 1. The van der Waals surface area contributed by atoms with Gasteiger partial charge in [-0.2, -0.15) is 0 Å². The first-order valence-corrected chi connectivity index (χ1v) is 26.2. The second-order valence-electron chi connectivity index (χ2n) is 19.2. The number of rotatable bonds is 49. The molecule has 0 fully saturated rings. The van der Waals surface area contributed by atoms with Gasteiger partial charge in [0.25, 0.3) is 0 Å². The van der Waals surface area contributed by atoms with Gasteiger partial charge >= 0.3 is 11.9 Å². The maximum Gasteiger partial charge on any atom is 0.306 e. The number of esters is 2. The number of hydrogen-bond acceptors (Lipinski definition) is 8. The van der Waals surface area contributed by atoms with Gasteiger partial charge in [0.2, 0.25) is 0 Å². The zero-order chi connectivity index (χ0) is 44.9. The number of likely N-dealkylation sites (N-methyl/N-ethyl adjacent to an activating group) is 1. The third-order valence-electron chi connectivity index (χ3n) is 11.9. The van der Waals surface area contributed by atoms with Crippen LogP contribution < -0.4 is 5.11 Å². The Balaban J connectivity index is 4.16. The van der Waals surface area contributed by atoms with Crippen LogP contribution in [0.25, 0.3) is 0 Å². The first-order chi connectivity index (χ1) is 29.6. The lowest BCUT2D eigenvalue weighted by Crippen LogP contribution is -2.44. The topological polar surface area (TPSA) is 111 Å². The van der Waals surface area contributed by atoms with Crippen molar-refractivity contribution in [2.75, 3.05) is 47.5 Å². The summed E-state index contributed by atoms with van der Waals surface area (Å²) >= 11 is 0. The van der Waals surface area contributed by atoms with Crippen LogP contribution in [-0.2, 0) is 33.3 Å². The second-order valence-corrected chi connectivity index (χ2v) is 19.2. The fraction of sp³-hybridized carbons (Fsp3) is 0.942. The van der Waals surface area contributed by atoms with Crippen molar-refractivity contribution in [1.82, 2.24) is 0 Å². The van der Waals surface area contributed by atoms with E-state index in [9.17, 15) is 19.5 Å². The molecule has 0 heterocycles. The Morgan fingerprint density at radius 3 is 1.05 bits per heavy atom. The molecule has 0 aromatic rings. The molecule has 0 aliphatic carbocycles. The Kier molecular flexibility index (Phi) is 43.6. The largest absolute Gasteiger partial charge is 0.545 e. The van der Waals surface area contributed by atoms with E-state index in [0.717, 1.165) is 38.5 Å². The lowest BCUT2D eigenvalue weighted by Gasteiger charge is -2.26. The van der Waals surface area contributed by atoms with Gasteiger partial charge in [-0.1, -0.05) is 232 Å². The van der Waals surface area contributed by atoms with Crippen LogP contribution in [0.4, 0.5) is 0 Å². The maximum atomic E-state index is 12.8. The Morgan fingerprint density at radius 1 is 0.426 bits per heavy atom. The minimum absolute atomic E-state index is 0.153. The van der Waals surface area contributed by atoms with Gasteiger partial charge < -0.3 is 33.3 Å². The minimum Gasteiger partial charge on any atom is -0.545 e. The highest BCUT2D eigenvalue weighted by atomic mass is 16.7. The number of carbonyl (C=O) groups excluding carboxylic acids is 3. The lowest BCUT2D eigenvalue weighted by molar-refractivity contribution is -0.870. The van der Waals surface area contributed by atoms with E-state index in [-0.39, 0.29) is 32.2 Å². The molecule has 61 heavy (non-hydrogen) atoms. The van der Waals surface area contributed by atoms with E-state index < -0.39 is 24.3 Å². The predicted molar refractivity (Wildman–Crippen MR) is 251 cm³/mol. The van der Waals surface area contributed by atoms with Gasteiger partial charge in [0, 0.05) is 12.8 Å². The van der Waals surface area contributed by atoms with Gasteiger partial charge in [-0.25, -0.2) is 0 Å². The molecule has 0 saturated heterocycles. The van der Waals surface area contributed by atoms with Crippen LogP contribution in [0.3, 0.4) is 0 Å². The summed E-state index contributed by atoms with van der Waals surface area (Å²) in [7, 11) is 5.92. The van der Waals surface area contributed by atoms with E-state index in [2.05, 4.69) is 13.8 Å². The molecule has 362 valence electrons. The normalized spacial score (nSPS) is 12.7. The van der Waals surface area contributed by atoms with Crippen molar-refractivity contribution < 1.29 is 42.9 Å². The SMILES string of the molecule is CCCCCCCCCCCCCCCCCCCCCCCCCCCC(=O)OC(COC(=O)CCCCCCCCCCCCC)COC(OCC[N+](C)(C)C)C(=O)[O-]. The Labute approximate surface area is 377 Å². The van der Waals surface area contributed by atoms with Crippen LogP contribution in [0.2, 0.25) is 0 Å². The van der Waals surface area contributed by atoms with Crippen molar-refractivity contribution in [3.05, 3.63) is 0 Å². The van der Waals surface area contributed by atoms with Crippen molar-refractivity contribution in [2.24, 2.45) is 0 Å². The Bertz CT molecular complexity index is 970. The van der Waals surface area contributed by atoms with Crippen molar-refractivity contribution in [3.8, 4) is 0 Å². The monoisotopic (exact) mass is 868 g/mol. The fourth-order valence-electron chi connectivity index (χ4n) is 7.77. The lowest BCUT2D eigenvalue weighted by atomic mass is 10.0. The van der Waals surface area contributed by atoms with Gasteiger partial charge in [-0.05, 0) is 12.8 Å². The van der Waals surface area contributed by atoms with Crippen molar-refractivity contribution in [3.63, 3.8) is 0 Å². The van der Waals surface area contributed by atoms with E-state index >= 15 is 0 Å². The quantitative estimate of drug-likeness (QED) is 0.0257. The second kappa shape index (κ2) is 44.9. The molecule has 0 N–H and O–H groups in total. The van der Waals surface area contributed by atoms with Gasteiger partial charge in [0.15, 0.2) is 12.4 Å². The zero-order valence-electron chi connectivity index (χ0n) is 41.1. The molecule has 9 heteroatoms. The zero-order valence-corrected chi connectivity index (χ0v) is 41.1. The molecular formula is C52H101NO8. The average Bonchev–Trinajstić information content (AvgIpc) is 3.22. The summed E-state index contributed by atoms with van der Waals surface area (Å²) in [6, 6.07) is 0. The molecule has 0 aliphatic heterocycles. The molecule has 0 bridgehead atoms. The number of carboxylic acid groups (broad SMARTS) is 1. The minimum atomic E-state index is -1.61. The fourth-order valence-corrected chi connectivity index (χ4v) is 7.77. The molecule has 2 atom stereocenters. The number of carbonyl (C=O) groups is 3. The van der Waals surface area contributed by atoms with E-state index in [1.165, 1.54) is 193 Å². The van der Waals surface area contributed by atoms with Crippen LogP contribution in [0.15, 0.2) is 0 Å². The van der Waals surface area contributed by atoms with Crippen molar-refractivity contribution in [1.29, 1.82) is 0 Å². The molecule has 0 aliphatic rings. The number of nitrogens with zero attached hydrogens (tertiary/aromatic N) is 1. The van der Waals surface area contributed by atoms with Crippen LogP contribution in [0, 0.1) is 0 Å². The number of carboxylic acids is 1. The summed E-state index contributed by atoms with van der Waals surface area (Å²) in [6.45, 7) is 4.78. The summed E-state index contributed by atoms with van der Waals surface area (Å²) in [5.74, 6) is -2.26. The molecule has 0 rings (SSSR count). The highest BCUT2D eigenvalue weighted by Crippen LogP contribution is 2.17. The van der Waals surface area contributed by atoms with E-state index in [1.54, 1.807) is 0 Å². The maximum absolute atomic E-state index is 12.8. The standard InChI is InChI=1S/C52H101NO8/c1-6-8-10-12-14-16-18-19-20-21-22-23-24-25-26-27-28-29-30-31-33-35-37-39-41-43-50(55)61-48(47-60-52(51(56)57)58-45-44-53(3,4)5)46-59-49(54)42-40-38-36-34-32-17-15-13-11-9-7-2/h48,52H,6-47H2,1-5H3. The summed E-state index contributed by atoms with van der Waals surface area (Å²) < 4.78 is 22.6.